The lowest BCUT2D eigenvalue weighted by molar-refractivity contribution is -0.124. The number of carbonyl (C=O) groups excluding carboxylic acids is 2. The van der Waals surface area contributed by atoms with Crippen molar-refractivity contribution in [2.45, 2.75) is 6.42 Å². The molecule has 5 nitrogen and oxygen atoms in total. The molecular formula is C11H10N2O3. The first-order valence-electron chi connectivity index (χ1n) is 4.74. The van der Waals surface area contributed by atoms with E-state index in [4.69, 9.17) is 4.74 Å². The van der Waals surface area contributed by atoms with Gasteiger partial charge in [0.1, 0.15) is 0 Å². The maximum absolute atomic E-state index is 11.6. The number of aromatic nitrogens is 1. The zero-order chi connectivity index (χ0) is 11.5. The Balaban J connectivity index is 2.26. The molecule has 0 bridgehead atoms. The van der Waals surface area contributed by atoms with Gasteiger partial charge >= 0.3 is 0 Å². The smallest absolute Gasteiger partial charge is 0.238 e. The van der Waals surface area contributed by atoms with Crippen LogP contribution in [0.3, 0.4) is 0 Å². The number of rotatable bonds is 2. The standard InChI is InChI=1S/C11H10N2O3/c1-16-10-3-2-8(7-12-10)13-5-4-9(14)6-11(13)15/h2-5,7H,6H2,1H3. The number of ketones is 1. The molecule has 1 aromatic rings. The fourth-order valence-electron chi connectivity index (χ4n) is 1.40. The Morgan fingerprint density at radius 3 is 2.75 bits per heavy atom. The first kappa shape index (κ1) is 10.4. The maximum atomic E-state index is 11.6. The van der Waals surface area contributed by atoms with Crippen LogP contribution in [0.1, 0.15) is 6.42 Å². The third kappa shape index (κ3) is 1.93. The average Bonchev–Trinajstić information content (AvgIpc) is 2.29. The van der Waals surface area contributed by atoms with E-state index in [2.05, 4.69) is 4.98 Å². The van der Waals surface area contributed by atoms with E-state index in [1.807, 2.05) is 0 Å². The van der Waals surface area contributed by atoms with Crippen LogP contribution in [0.5, 0.6) is 5.88 Å². The van der Waals surface area contributed by atoms with Gasteiger partial charge in [-0.25, -0.2) is 4.98 Å². The summed E-state index contributed by atoms with van der Waals surface area (Å²) in [5.41, 5.74) is 0.620. The average molecular weight is 218 g/mol. The van der Waals surface area contributed by atoms with Crippen LogP contribution in [0.4, 0.5) is 5.69 Å². The third-order valence-corrected chi connectivity index (χ3v) is 2.21. The third-order valence-electron chi connectivity index (χ3n) is 2.21. The second-order valence-corrected chi connectivity index (χ2v) is 3.28. The van der Waals surface area contributed by atoms with Crippen molar-refractivity contribution in [1.29, 1.82) is 0 Å². The molecule has 1 amide bonds. The van der Waals surface area contributed by atoms with Gasteiger partial charge in [0.05, 0.1) is 25.4 Å². The Morgan fingerprint density at radius 2 is 2.19 bits per heavy atom. The monoisotopic (exact) mass is 218 g/mol. The van der Waals surface area contributed by atoms with Gasteiger partial charge in [0.25, 0.3) is 0 Å². The lowest BCUT2D eigenvalue weighted by Crippen LogP contribution is -2.30. The highest BCUT2D eigenvalue weighted by molar-refractivity contribution is 6.13. The molecule has 1 aromatic heterocycles. The van der Waals surface area contributed by atoms with Gasteiger partial charge in [0.15, 0.2) is 5.78 Å². The summed E-state index contributed by atoms with van der Waals surface area (Å²) in [7, 11) is 1.52. The van der Waals surface area contributed by atoms with Gasteiger partial charge in [-0.2, -0.15) is 0 Å². The molecule has 0 atom stereocenters. The van der Waals surface area contributed by atoms with Crippen molar-refractivity contribution in [2.24, 2.45) is 0 Å². The quantitative estimate of drug-likeness (QED) is 0.692. The molecule has 0 N–H and O–H groups in total. The lowest BCUT2D eigenvalue weighted by Gasteiger charge is -2.20. The van der Waals surface area contributed by atoms with E-state index in [1.165, 1.54) is 30.5 Å². The number of carbonyl (C=O) groups is 2. The highest BCUT2D eigenvalue weighted by Crippen LogP contribution is 2.19. The molecule has 2 heterocycles. The molecule has 0 aromatic carbocycles. The van der Waals surface area contributed by atoms with Gasteiger partial charge in [-0.05, 0) is 12.1 Å². The van der Waals surface area contributed by atoms with Crippen molar-refractivity contribution in [3.8, 4) is 5.88 Å². The Labute approximate surface area is 92.3 Å². The highest BCUT2D eigenvalue weighted by Gasteiger charge is 2.20. The van der Waals surface area contributed by atoms with Crippen molar-refractivity contribution in [2.75, 3.05) is 12.0 Å². The summed E-state index contributed by atoms with van der Waals surface area (Å²) in [5, 5.41) is 0. The predicted octanol–water partition coefficient (Wildman–Crippen LogP) is 0.910. The summed E-state index contributed by atoms with van der Waals surface area (Å²) >= 11 is 0. The van der Waals surface area contributed by atoms with Crippen LogP contribution in [0.2, 0.25) is 0 Å². The van der Waals surface area contributed by atoms with E-state index in [9.17, 15) is 9.59 Å². The minimum Gasteiger partial charge on any atom is -0.481 e. The molecule has 0 aliphatic carbocycles. The molecule has 0 saturated heterocycles. The van der Waals surface area contributed by atoms with Crippen LogP contribution >= 0.6 is 0 Å². The fraction of sp³-hybridized carbons (Fsp3) is 0.182. The number of anilines is 1. The predicted molar refractivity (Wildman–Crippen MR) is 57.0 cm³/mol. The van der Waals surface area contributed by atoms with Crippen LogP contribution in [0.25, 0.3) is 0 Å². The summed E-state index contributed by atoms with van der Waals surface area (Å²) in [5.74, 6) is 0.0513. The molecule has 1 aliphatic rings. The Bertz CT molecular complexity index is 451. The molecule has 2 rings (SSSR count). The minimum atomic E-state index is -0.250. The van der Waals surface area contributed by atoms with Gasteiger partial charge in [0.2, 0.25) is 11.8 Å². The molecule has 5 heteroatoms. The summed E-state index contributed by atoms with van der Waals surface area (Å²) < 4.78 is 4.91. The molecule has 0 radical (unpaired) electrons. The van der Waals surface area contributed by atoms with Gasteiger partial charge in [-0.15, -0.1) is 0 Å². The molecule has 0 fully saturated rings. The Hall–Kier alpha value is -2.17. The van der Waals surface area contributed by atoms with E-state index in [1.54, 1.807) is 12.1 Å². The van der Waals surface area contributed by atoms with E-state index in [-0.39, 0.29) is 18.1 Å². The number of hydrogen-bond acceptors (Lipinski definition) is 4. The number of allylic oxidation sites excluding steroid dienone is 1. The van der Waals surface area contributed by atoms with Gasteiger partial charge in [0, 0.05) is 12.3 Å². The fourth-order valence-corrected chi connectivity index (χ4v) is 1.40. The van der Waals surface area contributed by atoms with E-state index in [0.717, 1.165) is 0 Å². The van der Waals surface area contributed by atoms with Gasteiger partial charge in [-0.1, -0.05) is 0 Å². The lowest BCUT2D eigenvalue weighted by atomic mass is 10.2. The summed E-state index contributed by atoms with van der Waals surface area (Å²) in [6.07, 6.45) is 4.27. The molecule has 0 unspecified atom stereocenters. The van der Waals surface area contributed by atoms with Gasteiger partial charge < -0.3 is 4.74 Å². The van der Waals surface area contributed by atoms with E-state index >= 15 is 0 Å². The Kier molecular flexibility index (Phi) is 2.68. The zero-order valence-electron chi connectivity index (χ0n) is 8.71. The first-order chi connectivity index (χ1) is 7.70. The summed E-state index contributed by atoms with van der Waals surface area (Å²) in [6.45, 7) is 0. The van der Waals surface area contributed by atoms with E-state index < -0.39 is 0 Å². The van der Waals surface area contributed by atoms with Crippen molar-refractivity contribution < 1.29 is 14.3 Å². The van der Waals surface area contributed by atoms with Crippen LogP contribution in [0.15, 0.2) is 30.6 Å². The summed E-state index contributed by atoms with van der Waals surface area (Å²) in [4.78, 5) is 27.9. The number of methoxy groups -OCH3 is 1. The second kappa shape index (κ2) is 4.14. The first-order valence-corrected chi connectivity index (χ1v) is 4.74. The van der Waals surface area contributed by atoms with Crippen molar-refractivity contribution >= 4 is 17.4 Å². The SMILES string of the molecule is COc1ccc(N2C=CC(=O)CC2=O)cn1. The number of amides is 1. The van der Waals surface area contributed by atoms with Crippen molar-refractivity contribution in [3.05, 3.63) is 30.6 Å². The Morgan fingerprint density at radius 1 is 1.38 bits per heavy atom. The van der Waals surface area contributed by atoms with E-state index in [0.29, 0.717) is 11.6 Å². The van der Waals surface area contributed by atoms with Crippen LogP contribution in [-0.4, -0.2) is 23.8 Å². The number of ether oxygens (including phenoxy) is 1. The second-order valence-electron chi connectivity index (χ2n) is 3.28. The minimum absolute atomic E-state index is 0.0947. The largest absolute Gasteiger partial charge is 0.481 e. The van der Waals surface area contributed by atoms with Crippen molar-refractivity contribution in [1.82, 2.24) is 4.98 Å². The number of hydrogen-bond donors (Lipinski definition) is 0. The normalized spacial score (nSPS) is 15.4. The highest BCUT2D eigenvalue weighted by atomic mass is 16.5. The van der Waals surface area contributed by atoms with Gasteiger partial charge in [-0.3, -0.25) is 14.5 Å². The topological polar surface area (TPSA) is 59.5 Å². The zero-order valence-corrected chi connectivity index (χ0v) is 8.71. The van der Waals surface area contributed by atoms with Crippen LogP contribution in [-0.2, 0) is 9.59 Å². The van der Waals surface area contributed by atoms with Crippen LogP contribution in [0, 0.1) is 0 Å². The van der Waals surface area contributed by atoms with Crippen LogP contribution < -0.4 is 9.64 Å². The molecule has 82 valence electrons. The molecule has 16 heavy (non-hydrogen) atoms. The molecular weight excluding hydrogens is 208 g/mol. The molecule has 0 saturated carbocycles. The number of pyridine rings is 1. The number of nitrogens with zero attached hydrogens (tertiary/aromatic N) is 2. The molecule has 0 spiro atoms. The molecule has 1 aliphatic heterocycles. The summed E-state index contributed by atoms with van der Waals surface area (Å²) in [6, 6.07) is 3.37. The maximum Gasteiger partial charge on any atom is 0.238 e. The van der Waals surface area contributed by atoms with Crippen molar-refractivity contribution in [3.63, 3.8) is 0 Å².